The molecule has 0 saturated heterocycles. The van der Waals surface area contributed by atoms with Crippen LogP contribution in [0.2, 0.25) is 0 Å². The van der Waals surface area contributed by atoms with Gasteiger partial charge >= 0.3 is 0 Å². The molecule has 0 aliphatic rings. The van der Waals surface area contributed by atoms with Crippen LogP contribution in [0.15, 0.2) is 30.3 Å². The highest BCUT2D eigenvalue weighted by Crippen LogP contribution is 2.17. The average Bonchev–Trinajstić information content (AvgIpc) is 2.22. The molecule has 0 aliphatic heterocycles. The number of nitrogens with one attached hydrogen (secondary N) is 1. The zero-order chi connectivity index (χ0) is 10.3. The third-order valence-corrected chi connectivity index (χ3v) is 2.12. The first-order valence-corrected chi connectivity index (χ1v) is 4.91. The van der Waals surface area contributed by atoms with Crippen molar-refractivity contribution in [3.05, 3.63) is 35.9 Å². The fraction of sp³-hybridized carbons (Fsp3) is 0.500. The van der Waals surface area contributed by atoms with Gasteiger partial charge in [-0.2, -0.15) is 0 Å². The minimum Gasteiger partial charge on any atom is -0.311 e. The van der Waals surface area contributed by atoms with Gasteiger partial charge in [0.2, 0.25) is 0 Å². The van der Waals surface area contributed by atoms with Gasteiger partial charge in [0.1, 0.15) is 0 Å². The lowest BCUT2D eigenvalue weighted by Gasteiger charge is -2.24. The molecule has 0 bridgehead atoms. The molecule has 1 rings (SSSR count). The Morgan fingerprint density at radius 1 is 1.00 bits per heavy atom. The van der Waals surface area contributed by atoms with E-state index in [0.29, 0.717) is 0 Å². The molecule has 0 amide bonds. The quantitative estimate of drug-likeness (QED) is 0.735. The van der Waals surface area contributed by atoms with Crippen molar-refractivity contribution >= 4 is 0 Å². The van der Waals surface area contributed by atoms with Crippen molar-refractivity contribution in [3.63, 3.8) is 0 Å². The maximum atomic E-state index is 3.26. The lowest BCUT2D eigenvalue weighted by atomic mass is 9.95. The van der Waals surface area contributed by atoms with Gasteiger partial charge in [-0.15, -0.1) is 0 Å². The first-order valence-electron chi connectivity index (χ1n) is 4.91. The zero-order valence-corrected chi connectivity index (χ0v) is 9.39. The van der Waals surface area contributed by atoms with Crippen LogP contribution in [0.1, 0.15) is 33.3 Å². The summed E-state index contributed by atoms with van der Waals surface area (Å²) in [5.74, 6) is 0. The van der Waals surface area contributed by atoms with E-state index in [1.165, 1.54) is 5.56 Å². The summed E-state index contributed by atoms with van der Waals surface area (Å²) >= 11 is 0. The van der Waals surface area contributed by atoms with Crippen LogP contribution in [0.25, 0.3) is 0 Å². The minimum atomic E-state index is 0.0846. The Morgan fingerprint density at radius 2 is 1.46 bits per heavy atom. The molecule has 0 aliphatic carbocycles. The van der Waals surface area contributed by atoms with E-state index in [9.17, 15) is 0 Å². The van der Waals surface area contributed by atoms with Gasteiger partial charge in [0.05, 0.1) is 0 Å². The summed E-state index contributed by atoms with van der Waals surface area (Å²) in [6.45, 7) is 8.34. The Kier molecular flexibility index (Phi) is 5.40. The predicted molar refractivity (Wildman–Crippen MR) is 59.9 cm³/mol. The molecule has 0 saturated carbocycles. The highest BCUT2D eigenvalue weighted by atomic mass is 14.9. The second kappa shape index (κ2) is 5.76. The van der Waals surface area contributed by atoms with Crippen molar-refractivity contribution in [2.75, 3.05) is 7.05 Å². The van der Waals surface area contributed by atoms with E-state index < -0.39 is 0 Å². The van der Waals surface area contributed by atoms with Crippen LogP contribution in [-0.4, -0.2) is 7.05 Å². The lowest BCUT2D eigenvalue weighted by molar-refractivity contribution is 0.445. The minimum absolute atomic E-state index is 0.0846. The summed E-state index contributed by atoms with van der Waals surface area (Å²) in [6.07, 6.45) is 0. The molecule has 0 radical (unpaired) electrons. The molecule has 1 N–H and O–H groups in total. The van der Waals surface area contributed by atoms with Crippen LogP contribution < -0.4 is 5.32 Å². The van der Waals surface area contributed by atoms with Crippen LogP contribution in [0.5, 0.6) is 0 Å². The van der Waals surface area contributed by atoms with E-state index in [4.69, 9.17) is 0 Å². The Balaban J connectivity index is 0.000000671. The van der Waals surface area contributed by atoms with E-state index in [0.717, 1.165) is 0 Å². The summed E-state index contributed by atoms with van der Waals surface area (Å²) in [5, 5.41) is 3.26. The Morgan fingerprint density at radius 3 is 1.85 bits per heavy atom. The van der Waals surface area contributed by atoms with E-state index in [2.05, 4.69) is 43.4 Å². The summed E-state index contributed by atoms with van der Waals surface area (Å²) in [4.78, 5) is 0. The van der Waals surface area contributed by atoms with Crippen molar-refractivity contribution in [2.45, 2.75) is 33.2 Å². The van der Waals surface area contributed by atoms with E-state index in [1.807, 2.05) is 27.0 Å². The fourth-order valence-electron chi connectivity index (χ4n) is 0.999. The normalized spacial score (nSPS) is 10.2. The largest absolute Gasteiger partial charge is 0.311 e. The first-order chi connectivity index (χ1) is 6.17. The van der Waals surface area contributed by atoms with Crippen molar-refractivity contribution in [2.24, 2.45) is 0 Å². The molecule has 13 heavy (non-hydrogen) atoms. The third kappa shape index (κ3) is 3.60. The van der Waals surface area contributed by atoms with Gasteiger partial charge in [-0.05, 0) is 26.5 Å². The fourth-order valence-corrected chi connectivity index (χ4v) is 0.999. The SMILES string of the molecule is CC.CNC(C)(C)c1ccccc1. The first kappa shape index (κ1) is 12.2. The van der Waals surface area contributed by atoms with Gasteiger partial charge in [0.15, 0.2) is 0 Å². The van der Waals surface area contributed by atoms with Gasteiger partial charge in [-0.3, -0.25) is 0 Å². The molecule has 1 aromatic carbocycles. The van der Waals surface area contributed by atoms with Crippen molar-refractivity contribution in [1.82, 2.24) is 5.32 Å². The van der Waals surface area contributed by atoms with E-state index in [1.54, 1.807) is 0 Å². The molecular formula is C12H21N. The molecule has 0 spiro atoms. The van der Waals surface area contributed by atoms with Crippen molar-refractivity contribution in [1.29, 1.82) is 0 Å². The summed E-state index contributed by atoms with van der Waals surface area (Å²) in [5.41, 5.74) is 1.41. The molecule has 1 heteroatoms. The van der Waals surface area contributed by atoms with Gasteiger partial charge in [0, 0.05) is 5.54 Å². The maximum Gasteiger partial charge on any atom is 0.0374 e. The molecule has 1 nitrogen and oxygen atoms in total. The smallest absolute Gasteiger partial charge is 0.0374 e. The summed E-state index contributed by atoms with van der Waals surface area (Å²) in [7, 11) is 1.98. The third-order valence-electron chi connectivity index (χ3n) is 2.12. The molecule has 0 heterocycles. The maximum absolute atomic E-state index is 3.26. The zero-order valence-electron chi connectivity index (χ0n) is 9.39. The van der Waals surface area contributed by atoms with Crippen LogP contribution in [0.3, 0.4) is 0 Å². The molecule has 0 fully saturated rings. The molecule has 0 unspecified atom stereocenters. The van der Waals surface area contributed by atoms with Crippen LogP contribution in [0, 0.1) is 0 Å². The van der Waals surface area contributed by atoms with E-state index in [-0.39, 0.29) is 5.54 Å². The Hall–Kier alpha value is -0.820. The van der Waals surface area contributed by atoms with Gasteiger partial charge in [-0.1, -0.05) is 44.2 Å². The molecule has 1 aromatic rings. The number of hydrogen-bond donors (Lipinski definition) is 1. The molecule has 0 aromatic heterocycles. The standard InChI is InChI=1S/C10H15N.C2H6/c1-10(2,11-3)9-7-5-4-6-8-9;1-2/h4-8,11H,1-3H3;1-2H3. The number of rotatable bonds is 2. The van der Waals surface area contributed by atoms with Gasteiger partial charge in [-0.25, -0.2) is 0 Å². The summed E-state index contributed by atoms with van der Waals surface area (Å²) in [6, 6.07) is 10.4. The van der Waals surface area contributed by atoms with Gasteiger partial charge in [0.25, 0.3) is 0 Å². The highest BCUT2D eigenvalue weighted by Gasteiger charge is 2.15. The Labute approximate surface area is 82.2 Å². The lowest BCUT2D eigenvalue weighted by Crippen LogP contribution is -2.32. The van der Waals surface area contributed by atoms with Crippen molar-refractivity contribution < 1.29 is 0 Å². The number of hydrogen-bond acceptors (Lipinski definition) is 1. The van der Waals surface area contributed by atoms with E-state index >= 15 is 0 Å². The average molecular weight is 179 g/mol. The van der Waals surface area contributed by atoms with Crippen LogP contribution in [0.4, 0.5) is 0 Å². The second-order valence-electron chi connectivity index (χ2n) is 3.24. The molecule has 0 atom stereocenters. The monoisotopic (exact) mass is 179 g/mol. The molecule has 74 valence electrons. The second-order valence-corrected chi connectivity index (χ2v) is 3.24. The number of benzene rings is 1. The van der Waals surface area contributed by atoms with Crippen molar-refractivity contribution in [3.8, 4) is 0 Å². The van der Waals surface area contributed by atoms with Gasteiger partial charge < -0.3 is 5.32 Å². The Bertz CT molecular complexity index is 214. The van der Waals surface area contributed by atoms with Crippen LogP contribution in [-0.2, 0) is 5.54 Å². The molecular weight excluding hydrogens is 158 g/mol. The summed E-state index contributed by atoms with van der Waals surface area (Å²) < 4.78 is 0. The van der Waals surface area contributed by atoms with Crippen LogP contribution >= 0.6 is 0 Å². The highest BCUT2D eigenvalue weighted by molar-refractivity contribution is 5.22. The topological polar surface area (TPSA) is 12.0 Å². The predicted octanol–water partition coefficient (Wildman–Crippen LogP) is 3.17.